The summed E-state index contributed by atoms with van der Waals surface area (Å²) in [6, 6.07) is 7.04. The first-order chi connectivity index (χ1) is 6.66. The van der Waals surface area contributed by atoms with Crippen LogP contribution in [0.15, 0.2) is 18.2 Å². The van der Waals surface area contributed by atoms with Crippen LogP contribution in [0.5, 0.6) is 0 Å². The van der Waals surface area contributed by atoms with Gasteiger partial charge >= 0.3 is 0 Å². The summed E-state index contributed by atoms with van der Waals surface area (Å²) in [4.78, 5) is 0. The topological polar surface area (TPSA) is 24.1 Å². The highest BCUT2D eigenvalue weighted by Crippen LogP contribution is 2.27. The minimum absolute atomic E-state index is 0.533. The number of benzene rings is 1. The first-order valence-electron chi connectivity index (χ1n) is 5.28. The molecular weight excluding hydrogens is 172 g/mol. The van der Waals surface area contributed by atoms with Crippen molar-refractivity contribution in [3.05, 3.63) is 23.8 Å². The van der Waals surface area contributed by atoms with Crippen molar-refractivity contribution in [1.29, 1.82) is 0 Å². The predicted molar refractivity (Wildman–Crippen MR) is 61.9 cm³/mol. The van der Waals surface area contributed by atoms with Crippen LogP contribution in [0.2, 0.25) is 0 Å². The average Bonchev–Trinajstić information content (AvgIpc) is 2.27. The molecule has 2 rings (SSSR count). The van der Waals surface area contributed by atoms with Crippen molar-refractivity contribution < 1.29 is 0 Å². The van der Waals surface area contributed by atoms with E-state index in [1.807, 2.05) is 0 Å². The monoisotopic (exact) mass is 190 g/mol. The van der Waals surface area contributed by atoms with Gasteiger partial charge in [0.05, 0.1) is 11.4 Å². The second-order valence-electron chi connectivity index (χ2n) is 4.34. The Hall–Kier alpha value is -1.18. The van der Waals surface area contributed by atoms with Crippen molar-refractivity contribution in [2.75, 3.05) is 17.2 Å². The molecule has 0 fully saturated rings. The molecule has 1 aromatic rings. The van der Waals surface area contributed by atoms with Gasteiger partial charge in [-0.15, -0.1) is 0 Å². The minimum atomic E-state index is 0.533. The molecule has 2 N–H and O–H groups in total. The average molecular weight is 190 g/mol. The van der Waals surface area contributed by atoms with E-state index >= 15 is 0 Å². The van der Waals surface area contributed by atoms with Crippen LogP contribution in [0, 0.1) is 12.8 Å². The molecule has 0 spiro atoms. The molecule has 2 nitrogen and oxygen atoms in total. The zero-order chi connectivity index (χ0) is 10.1. The van der Waals surface area contributed by atoms with E-state index in [2.05, 4.69) is 49.6 Å². The summed E-state index contributed by atoms with van der Waals surface area (Å²) < 4.78 is 0. The SMILES string of the molecule is Cc1ccc2c(c1)NC(C)C(C)CN2. The molecule has 1 aliphatic rings. The summed E-state index contributed by atoms with van der Waals surface area (Å²) in [6.45, 7) is 7.68. The second kappa shape index (κ2) is 3.52. The van der Waals surface area contributed by atoms with Crippen LogP contribution in [0.1, 0.15) is 19.4 Å². The van der Waals surface area contributed by atoms with Gasteiger partial charge < -0.3 is 10.6 Å². The fraction of sp³-hybridized carbons (Fsp3) is 0.500. The van der Waals surface area contributed by atoms with Gasteiger partial charge in [0.25, 0.3) is 0 Å². The van der Waals surface area contributed by atoms with Gasteiger partial charge in [-0.2, -0.15) is 0 Å². The van der Waals surface area contributed by atoms with Crippen molar-refractivity contribution >= 4 is 11.4 Å². The Morgan fingerprint density at radius 2 is 2.00 bits per heavy atom. The molecule has 76 valence electrons. The normalized spacial score (nSPS) is 25.6. The smallest absolute Gasteiger partial charge is 0.0580 e. The Balaban J connectivity index is 2.33. The van der Waals surface area contributed by atoms with E-state index in [1.165, 1.54) is 16.9 Å². The molecule has 0 aliphatic carbocycles. The molecule has 2 atom stereocenters. The zero-order valence-electron chi connectivity index (χ0n) is 9.09. The summed E-state index contributed by atoms with van der Waals surface area (Å²) in [5.41, 5.74) is 3.77. The zero-order valence-corrected chi connectivity index (χ0v) is 9.09. The van der Waals surface area contributed by atoms with E-state index in [0.717, 1.165) is 6.54 Å². The molecule has 0 radical (unpaired) electrons. The highest BCUT2D eigenvalue weighted by molar-refractivity contribution is 5.70. The summed E-state index contributed by atoms with van der Waals surface area (Å²) in [6.07, 6.45) is 0. The van der Waals surface area contributed by atoms with Crippen molar-refractivity contribution in [1.82, 2.24) is 0 Å². The molecule has 0 amide bonds. The predicted octanol–water partition coefficient (Wildman–Crippen LogP) is 2.86. The summed E-state index contributed by atoms with van der Waals surface area (Å²) >= 11 is 0. The molecular formula is C12H18N2. The Kier molecular flexibility index (Phi) is 2.36. The van der Waals surface area contributed by atoms with Gasteiger partial charge in [0.15, 0.2) is 0 Å². The molecule has 14 heavy (non-hydrogen) atoms. The third-order valence-corrected chi connectivity index (χ3v) is 3.03. The van der Waals surface area contributed by atoms with Crippen LogP contribution in [0.25, 0.3) is 0 Å². The Morgan fingerprint density at radius 1 is 1.21 bits per heavy atom. The number of aryl methyl sites for hydroxylation is 1. The highest BCUT2D eigenvalue weighted by Gasteiger charge is 2.17. The van der Waals surface area contributed by atoms with Crippen LogP contribution < -0.4 is 10.6 Å². The maximum Gasteiger partial charge on any atom is 0.0580 e. The Bertz CT molecular complexity index is 333. The van der Waals surface area contributed by atoms with E-state index in [-0.39, 0.29) is 0 Å². The van der Waals surface area contributed by atoms with Crippen LogP contribution >= 0.6 is 0 Å². The molecule has 0 bridgehead atoms. The largest absolute Gasteiger partial charge is 0.383 e. The molecule has 1 aliphatic heterocycles. The second-order valence-corrected chi connectivity index (χ2v) is 4.34. The first-order valence-corrected chi connectivity index (χ1v) is 5.28. The fourth-order valence-electron chi connectivity index (χ4n) is 1.77. The lowest BCUT2D eigenvalue weighted by atomic mass is 10.0. The number of anilines is 2. The van der Waals surface area contributed by atoms with Gasteiger partial charge in [0, 0.05) is 12.6 Å². The molecule has 0 saturated heterocycles. The number of rotatable bonds is 0. The number of nitrogens with one attached hydrogen (secondary N) is 2. The van der Waals surface area contributed by atoms with Gasteiger partial charge in [-0.3, -0.25) is 0 Å². The third-order valence-electron chi connectivity index (χ3n) is 3.03. The minimum Gasteiger partial charge on any atom is -0.383 e. The van der Waals surface area contributed by atoms with Crippen LogP contribution in [-0.4, -0.2) is 12.6 Å². The molecule has 2 unspecified atom stereocenters. The van der Waals surface area contributed by atoms with Gasteiger partial charge in [0.2, 0.25) is 0 Å². The van der Waals surface area contributed by atoms with Gasteiger partial charge in [-0.05, 0) is 37.5 Å². The van der Waals surface area contributed by atoms with E-state index < -0.39 is 0 Å². The Morgan fingerprint density at radius 3 is 2.79 bits per heavy atom. The van der Waals surface area contributed by atoms with Gasteiger partial charge in [0.1, 0.15) is 0 Å². The lowest BCUT2D eigenvalue weighted by Gasteiger charge is -2.17. The van der Waals surface area contributed by atoms with Crippen molar-refractivity contribution in [3.63, 3.8) is 0 Å². The number of hydrogen-bond acceptors (Lipinski definition) is 2. The maximum absolute atomic E-state index is 3.55. The maximum atomic E-state index is 3.55. The van der Waals surface area contributed by atoms with E-state index in [0.29, 0.717) is 12.0 Å². The van der Waals surface area contributed by atoms with E-state index in [9.17, 15) is 0 Å². The molecule has 2 heteroatoms. The third kappa shape index (κ3) is 1.69. The van der Waals surface area contributed by atoms with Crippen LogP contribution in [0.4, 0.5) is 11.4 Å². The van der Waals surface area contributed by atoms with E-state index in [4.69, 9.17) is 0 Å². The van der Waals surface area contributed by atoms with Crippen molar-refractivity contribution in [2.24, 2.45) is 5.92 Å². The lowest BCUT2D eigenvalue weighted by molar-refractivity contribution is 0.542. The quantitative estimate of drug-likeness (QED) is 0.657. The summed E-state index contributed by atoms with van der Waals surface area (Å²) in [5.74, 6) is 0.655. The fourth-order valence-corrected chi connectivity index (χ4v) is 1.77. The summed E-state index contributed by atoms with van der Waals surface area (Å²) in [5, 5.41) is 7.02. The van der Waals surface area contributed by atoms with Gasteiger partial charge in [-0.25, -0.2) is 0 Å². The van der Waals surface area contributed by atoms with Crippen molar-refractivity contribution in [3.8, 4) is 0 Å². The molecule has 0 saturated carbocycles. The highest BCUT2D eigenvalue weighted by atomic mass is 15.0. The first kappa shape index (κ1) is 9.38. The lowest BCUT2D eigenvalue weighted by Crippen LogP contribution is -2.25. The number of hydrogen-bond donors (Lipinski definition) is 2. The standard InChI is InChI=1S/C12H18N2/c1-8-4-5-11-12(6-8)14-10(3)9(2)7-13-11/h4-6,9-10,13-14H,7H2,1-3H3. The summed E-state index contributed by atoms with van der Waals surface area (Å²) in [7, 11) is 0. The van der Waals surface area contributed by atoms with E-state index in [1.54, 1.807) is 0 Å². The van der Waals surface area contributed by atoms with Gasteiger partial charge in [-0.1, -0.05) is 13.0 Å². The number of fused-ring (bicyclic) bond motifs is 1. The van der Waals surface area contributed by atoms with Crippen LogP contribution in [-0.2, 0) is 0 Å². The Labute approximate surface area is 85.7 Å². The molecule has 0 aromatic heterocycles. The van der Waals surface area contributed by atoms with Crippen molar-refractivity contribution in [2.45, 2.75) is 26.8 Å². The molecule has 1 aromatic carbocycles. The molecule has 1 heterocycles. The van der Waals surface area contributed by atoms with Crippen LogP contribution in [0.3, 0.4) is 0 Å².